The Hall–Kier alpha value is -1.14. The zero-order valence-corrected chi connectivity index (χ0v) is 19.2. The summed E-state index contributed by atoms with van der Waals surface area (Å²) in [5.74, 6) is -0.0335. The van der Waals surface area contributed by atoms with Gasteiger partial charge >= 0.3 is 0 Å². The molecular weight excluding hydrogens is 397 g/mol. The summed E-state index contributed by atoms with van der Waals surface area (Å²) in [5.41, 5.74) is 7.45. The standard InChI is InChI=1S/C20H31N3OSi.2ClH/c1-4-25(5-2,6-3)13-9-12-23(20(24)15-21)18-14-17-10-7-8-11-19(17)22-16-18;;/h7-8,10-11,14,16H,4-6,9,12-13,15,21H2,1-3H3;2*1H. The molecule has 0 aliphatic carbocycles. The fraction of sp³-hybridized carbons (Fsp3) is 0.500. The van der Waals surface area contributed by atoms with Crippen LogP contribution in [0.25, 0.3) is 10.9 Å². The fourth-order valence-corrected chi connectivity index (χ4v) is 7.08. The van der Waals surface area contributed by atoms with Gasteiger partial charge in [0.2, 0.25) is 5.91 Å². The van der Waals surface area contributed by atoms with E-state index in [1.165, 1.54) is 24.2 Å². The Morgan fingerprint density at radius 1 is 1.11 bits per heavy atom. The molecule has 0 saturated heterocycles. The molecule has 0 fully saturated rings. The molecule has 4 nitrogen and oxygen atoms in total. The molecule has 7 heteroatoms. The van der Waals surface area contributed by atoms with Crippen molar-refractivity contribution in [3.05, 3.63) is 36.5 Å². The lowest BCUT2D eigenvalue weighted by atomic mass is 10.2. The van der Waals surface area contributed by atoms with E-state index in [-0.39, 0.29) is 37.3 Å². The number of fused-ring (bicyclic) bond motifs is 1. The van der Waals surface area contributed by atoms with Gasteiger partial charge in [0.05, 0.1) is 32.0 Å². The molecule has 0 unspecified atom stereocenters. The molecule has 0 spiro atoms. The number of nitrogens with two attached hydrogens (primary N) is 1. The van der Waals surface area contributed by atoms with Gasteiger partial charge in [0.1, 0.15) is 0 Å². The molecule has 27 heavy (non-hydrogen) atoms. The second-order valence-electron chi connectivity index (χ2n) is 6.80. The van der Waals surface area contributed by atoms with Crippen LogP contribution in [0.3, 0.4) is 0 Å². The van der Waals surface area contributed by atoms with Crippen molar-refractivity contribution in [1.29, 1.82) is 0 Å². The Morgan fingerprint density at radius 2 is 1.74 bits per heavy atom. The number of aromatic nitrogens is 1. The molecule has 2 rings (SSSR count). The number of amides is 1. The Labute approximate surface area is 176 Å². The van der Waals surface area contributed by atoms with Crippen LogP contribution in [0.4, 0.5) is 5.69 Å². The zero-order valence-electron chi connectivity index (χ0n) is 16.6. The monoisotopic (exact) mass is 429 g/mol. The van der Waals surface area contributed by atoms with Gasteiger partial charge in [-0.2, -0.15) is 0 Å². The first-order valence-corrected chi connectivity index (χ1v) is 12.3. The van der Waals surface area contributed by atoms with Crippen molar-refractivity contribution >= 4 is 55.4 Å². The molecule has 1 aromatic carbocycles. The molecule has 0 bridgehead atoms. The maximum Gasteiger partial charge on any atom is 0.240 e. The third-order valence-electron chi connectivity index (χ3n) is 5.70. The molecule has 0 saturated carbocycles. The Balaban J connectivity index is 0.00000338. The van der Waals surface area contributed by atoms with E-state index in [1.807, 2.05) is 35.2 Å². The lowest BCUT2D eigenvalue weighted by molar-refractivity contribution is -0.117. The van der Waals surface area contributed by atoms with Crippen molar-refractivity contribution in [2.45, 2.75) is 51.4 Å². The lowest BCUT2D eigenvalue weighted by Gasteiger charge is -2.30. The van der Waals surface area contributed by atoms with E-state index in [0.717, 1.165) is 29.6 Å². The quantitative estimate of drug-likeness (QED) is 0.552. The van der Waals surface area contributed by atoms with Gasteiger partial charge in [0, 0.05) is 11.9 Å². The van der Waals surface area contributed by atoms with E-state index in [9.17, 15) is 4.79 Å². The largest absolute Gasteiger partial charge is 0.322 e. The summed E-state index contributed by atoms with van der Waals surface area (Å²) in [6, 6.07) is 15.3. The summed E-state index contributed by atoms with van der Waals surface area (Å²) in [6.07, 6.45) is 2.83. The number of halogens is 2. The molecule has 0 aliphatic heterocycles. The number of nitrogens with zero attached hydrogens (tertiary/aromatic N) is 2. The molecule has 1 amide bonds. The van der Waals surface area contributed by atoms with Crippen molar-refractivity contribution in [3.63, 3.8) is 0 Å². The first-order chi connectivity index (χ1) is 12.1. The van der Waals surface area contributed by atoms with Crippen molar-refractivity contribution < 1.29 is 4.79 Å². The summed E-state index contributed by atoms with van der Waals surface area (Å²) >= 11 is 0. The molecule has 0 aliphatic rings. The second kappa shape index (κ2) is 12.3. The summed E-state index contributed by atoms with van der Waals surface area (Å²) in [5, 5.41) is 1.05. The van der Waals surface area contributed by atoms with Gasteiger partial charge in [0.25, 0.3) is 0 Å². The lowest BCUT2D eigenvalue weighted by Crippen LogP contribution is -2.38. The molecule has 1 heterocycles. The minimum absolute atomic E-state index is 0. The highest BCUT2D eigenvalue weighted by molar-refractivity contribution is 6.79. The van der Waals surface area contributed by atoms with E-state index in [0.29, 0.717) is 0 Å². The number of carbonyl (C=O) groups is 1. The summed E-state index contributed by atoms with van der Waals surface area (Å²) < 4.78 is 0. The van der Waals surface area contributed by atoms with Crippen LogP contribution < -0.4 is 10.6 Å². The van der Waals surface area contributed by atoms with Crippen LogP contribution >= 0.6 is 24.8 Å². The van der Waals surface area contributed by atoms with Gasteiger partial charge in [-0.25, -0.2) is 0 Å². The number of anilines is 1. The van der Waals surface area contributed by atoms with Crippen molar-refractivity contribution in [2.75, 3.05) is 18.0 Å². The van der Waals surface area contributed by atoms with Crippen LogP contribution in [0.15, 0.2) is 36.5 Å². The minimum Gasteiger partial charge on any atom is -0.322 e. The molecule has 0 atom stereocenters. The number of pyridine rings is 1. The number of hydrogen-bond donors (Lipinski definition) is 1. The molecular formula is C20H33Cl2N3OSi. The Kier molecular flexibility index (Phi) is 11.8. The highest BCUT2D eigenvalue weighted by Gasteiger charge is 2.26. The third-order valence-corrected chi connectivity index (χ3v) is 11.6. The second-order valence-corrected chi connectivity index (χ2v) is 12.4. The molecule has 0 radical (unpaired) electrons. The predicted molar refractivity (Wildman–Crippen MR) is 124 cm³/mol. The van der Waals surface area contributed by atoms with E-state index < -0.39 is 8.07 Å². The Bertz CT molecular complexity index is 702. The van der Waals surface area contributed by atoms with Crippen LogP contribution in [-0.4, -0.2) is 32.1 Å². The molecule has 2 N–H and O–H groups in total. The smallest absolute Gasteiger partial charge is 0.240 e. The van der Waals surface area contributed by atoms with E-state index >= 15 is 0 Å². The van der Waals surface area contributed by atoms with Crippen molar-refractivity contribution in [2.24, 2.45) is 5.73 Å². The van der Waals surface area contributed by atoms with Crippen LogP contribution in [0.5, 0.6) is 0 Å². The molecule has 152 valence electrons. The number of rotatable bonds is 9. The normalized spacial score (nSPS) is 10.8. The average Bonchev–Trinajstić information content (AvgIpc) is 2.68. The van der Waals surface area contributed by atoms with Crippen LogP contribution in [-0.2, 0) is 4.79 Å². The Morgan fingerprint density at radius 3 is 2.33 bits per heavy atom. The summed E-state index contributed by atoms with van der Waals surface area (Å²) in [7, 11) is -1.16. The topological polar surface area (TPSA) is 59.2 Å². The van der Waals surface area contributed by atoms with Crippen LogP contribution in [0.1, 0.15) is 27.2 Å². The van der Waals surface area contributed by atoms with E-state index in [1.54, 1.807) is 6.20 Å². The maximum absolute atomic E-state index is 12.4. The molecule has 2 aromatic rings. The van der Waals surface area contributed by atoms with Crippen LogP contribution in [0.2, 0.25) is 24.2 Å². The SMILES string of the molecule is CC[Si](CC)(CC)CCCN(C(=O)CN)c1cnc2ccccc2c1.Cl.Cl. The van der Waals surface area contributed by atoms with Crippen molar-refractivity contribution in [1.82, 2.24) is 4.98 Å². The highest BCUT2D eigenvalue weighted by atomic mass is 35.5. The number of hydrogen-bond acceptors (Lipinski definition) is 3. The highest BCUT2D eigenvalue weighted by Crippen LogP contribution is 2.27. The summed E-state index contributed by atoms with van der Waals surface area (Å²) in [6.45, 7) is 7.75. The number of para-hydroxylation sites is 1. The van der Waals surface area contributed by atoms with E-state index in [2.05, 4.69) is 25.8 Å². The number of benzene rings is 1. The van der Waals surface area contributed by atoms with Gasteiger partial charge in [-0.1, -0.05) is 63.1 Å². The first-order valence-electron chi connectivity index (χ1n) is 9.44. The fourth-order valence-electron chi connectivity index (χ4n) is 3.61. The van der Waals surface area contributed by atoms with Gasteiger partial charge in [0.15, 0.2) is 0 Å². The predicted octanol–water partition coefficient (Wildman–Crippen LogP) is 5.27. The third kappa shape index (κ3) is 6.45. The van der Waals surface area contributed by atoms with E-state index in [4.69, 9.17) is 5.73 Å². The number of carbonyl (C=O) groups excluding carboxylic acids is 1. The van der Waals surface area contributed by atoms with Gasteiger partial charge in [-0.15, -0.1) is 24.8 Å². The zero-order chi connectivity index (χ0) is 18.3. The van der Waals surface area contributed by atoms with Crippen molar-refractivity contribution in [3.8, 4) is 0 Å². The average molecular weight is 430 g/mol. The maximum atomic E-state index is 12.4. The summed E-state index contributed by atoms with van der Waals surface area (Å²) in [4.78, 5) is 18.7. The van der Waals surface area contributed by atoms with Crippen LogP contribution in [0, 0.1) is 0 Å². The molecule has 1 aromatic heterocycles. The first kappa shape index (κ1) is 25.9. The minimum atomic E-state index is -1.16. The van der Waals surface area contributed by atoms with Gasteiger partial charge in [-0.3, -0.25) is 9.78 Å². The van der Waals surface area contributed by atoms with Gasteiger partial charge in [-0.05, 0) is 18.6 Å². The van der Waals surface area contributed by atoms with Gasteiger partial charge < -0.3 is 10.6 Å².